The van der Waals surface area contributed by atoms with Gasteiger partial charge in [-0.25, -0.2) is 4.79 Å². The molecular formula is C27H26O3. The molecule has 0 bridgehead atoms. The third kappa shape index (κ3) is 3.57. The lowest BCUT2D eigenvalue weighted by molar-refractivity contribution is -0.143. The number of hydrogen-bond acceptors (Lipinski definition) is 3. The van der Waals surface area contributed by atoms with Crippen molar-refractivity contribution in [1.82, 2.24) is 0 Å². The van der Waals surface area contributed by atoms with Crippen LogP contribution in [0.5, 0.6) is 0 Å². The van der Waals surface area contributed by atoms with E-state index in [9.17, 15) is 4.79 Å². The highest BCUT2D eigenvalue weighted by atomic mass is 16.6. The third-order valence-electron chi connectivity index (χ3n) is 5.86. The van der Waals surface area contributed by atoms with Gasteiger partial charge in [0.2, 0.25) is 0 Å². The van der Waals surface area contributed by atoms with Crippen molar-refractivity contribution in [3.63, 3.8) is 0 Å². The van der Waals surface area contributed by atoms with Crippen LogP contribution in [0.4, 0.5) is 0 Å². The van der Waals surface area contributed by atoms with Gasteiger partial charge in [-0.3, -0.25) is 0 Å². The standard InChI is InChI=1S/C27H26O3/c1-3-24-20(2)25(30-26(24)28)19-29-27(21-13-7-4-8-14-21,22-15-9-5-10-16-22)23-17-11-6-12-18-23/h3-18,20,25H,19H2,1-2H3/t20-,25+/m0/s1. The maximum absolute atomic E-state index is 12.2. The van der Waals surface area contributed by atoms with Crippen molar-refractivity contribution >= 4 is 5.97 Å². The molecule has 1 heterocycles. The fraction of sp³-hybridized carbons (Fsp3) is 0.222. The Bertz CT molecular complexity index is 913. The molecule has 0 N–H and O–H groups in total. The number of hydrogen-bond donors (Lipinski definition) is 0. The van der Waals surface area contributed by atoms with Crippen LogP contribution in [0, 0.1) is 5.92 Å². The average molecular weight is 399 g/mol. The minimum Gasteiger partial charge on any atom is -0.456 e. The summed E-state index contributed by atoms with van der Waals surface area (Å²) < 4.78 is 12.4. The molecule has 152 valence electrons. The van der Waals surface area contributed by atoms with E-state index in [1.165, 1.54) is 0 Å². The minimum absolute atomic E-state index is 0.0116. The quantitative estimate of drug-likeness (QED) is 0.312. The molecule has 1 fully saturated rings. The Morgan fingerprint density at radius 1 is 0.833 bits per heavy atom. The van der Waals surface area contributed by atoms with Gasteiger partial charge in [0.15, 0.2) is 0 Å². The Morgan fingerprint density at radius 3 is 1.63 bits per heavy atom. The van der Waals surface area contributed by atoms with E-state index in [0.717, 1.165) is 16.7 Å². The summed E-state index contributed by atoms with van der Waals surface area (Å²) in [5.41, 5.74) is 3.00. The Labute approximate surface area is 178 Å². The average Bonchev–Trinajstić information content (AvgIpc) is 3.08. The van der Waals surface area contributed by atoms with Crippen LogP contribution >= 0.6 is 0 Å². The lowest BCUT2D eigenvalue weighted by atomic mass is 9.80. The molecule has 1 saturated heterocycles. The maximum Gasteiger partial charge on any atom is 0.334 e. The topological polar surface area (TPSA) is 35.5 Å². The van der Waals surface area contributed by atoms with Crippen molar-refractivity contribution < 1.29 is 14.3 Å². The molecule has 3 aromatic rings. The lowest BCUT2D eigenvalue weighted by Gasteiger charge is -2.36. The molecule has 1 aliphatic heterocycles. The second-order valence-corrected chi connectivity index (χ2v) is 7.57. The predicted octanol–water partition coefficient (Wildman–Crippen LogP) is 5.50. The van der Waals surface area contributed by atoms with Crippen LogP contribution in [0.15, 0.2) is 103 Å². The number of benzene rings is 3. The highest BCUT2D eigenvalue weighted by Gasteiger charge is 2.42. The van der Waals surface area contributed by atoms with Crippen LogP contribution in [0.2, 0.25) is 0 Å². The molecule has 0 unspecified atom stereocenters. The van der Waals surface area contributed by atoms with E-state index in [1.807, 2.05) is 74.5 Å². The second kappa shape index (κ2) is 8.68. The smallest absolute Gasteiger partial charge is 0.334 e. The summed E-state index contributed by atoms with van der Waals surface area (Å²) >= 11 is 0. The Balaban J connectivity index is 1.81. The molecule has 0 amide bonds. The van der Waals surface area contributed by atoms with Crippen molar-refractivity contribution in [3.05, 3.63) is 119 Å². The lowest BCUT2D eigenvalue weighted by Crippen LogP contribution is -2.36. The maximum atomic E-state index is 12.2. The van der Waals surface area contributed by atoms with Crippen molar-refractivity contribution in [3.8, 4) is 0 Å². The van der Waals surface area contributed by atoms with Crippen molar-refractivity contribution in [2.45, 2.75) is 25.6 Å². The molecule has 0 aliphatic carbocycles. The van der Waals surface area contributed by atoms with E-state index >= 15 is 0 Å². The van der Waals surface area contributed by atoms with E-state index < -0.39 is 5.60 Å². The highest BCUT2D eigenvalue weighted by molar-refractivity contribution is 5.91. The van der Waals surface area contributed by atoms with Gasteiger partial charge < -0.3 is 9.47 Å². The van der Waals surface area contributed by atoms with Gasteiger partial charge in [-0.2, -0.15) is 0 Å². The van der Waals surface area contributed by atoms with Gasteiger partial charge in [-0.1, -0.05) is 104 Å². The number of cyclic esters (lactones) is 1. The number of esters is 1. The third-order valence-corrected chi connectivity index (χ3v) is 5.86. The summed E-state index contributed by atoms with van der Waals surface area (Å²) in [5, 5.41) is 0. The summed E-state index contributed by atoms with van der Waals surface area (Å²) in [6.07, 6.45) is 1.52. The molecule has 0 aromatic heterocycles. The van der Waals surface area contributed by atoms with Crippen molar-refractivity contribution in [2.24, 2.45) is 5.92 Å². The Hall–Kier alpha value is -3.17. The summed E-state index contributed by atoms with van der Waals surface area (Å²) in [7, 11) is 0. The molecular weight excluding hydrogens is 372 g/mol. The molecule has 1 aliphatic rings. The summed E-state index contributed by atoms with van der Waals surface area (Å²) in [5.74, 6) is -0.258. The number of ether oxygens (including phenoxy) is 2. The van der Waals surface area contributed by atoms with E-state index in [4.69, 9.17) is 9.47 Å². The van der Waals surface area contributed by atoms with Crippen LogP contribution in [0.3, 0.4) is 0 Å². The van der Waals surface area contributed by atoms with Crippen LogP contribution in [0.1, 0.15) is 30.5 Å². The molecule has 30 heavy (non-hydrogen) atoms. The number of allylic oxidation sites excluding steroid dienone is 1. The van der Waals surface area contributed by atoms with Crippen LogP contribution in [-0.2, 0) is 19.9 Å². The SMILES string of the molecule is CC=C1C(=O)O[C@H](COC(c2ccccc2)(c2ccccc2)c2ccccc2)[C@H]1C. The molecule has 2 atom stereocenters. The summed E-state index contributed by atoms with van der Waals surface area (Å²) in [4.78, 5) is 12.2. The van der Waals surface area contributed by atoms with Gasteiger partial charge in [-0.05, 0) is 23.6 Å². The summed E-state index contributed by atoms with van der Waals surface area (Å²) in [6.45, 7) is 4.19. The minimum atomic E-state index is -0.811. The normalized spacial score (nSPS) is 20.3. The first-order valence-electron chi connectivity index (χ1n) is 10.3. The van der Waals surface area contributed by atoms with Gasteiger partial charge in [-0.15, -0.1) is 0 Å². The van der Waals surface area contributed by atoms with Gasteiger partial charge in [0.1, 0.15) is 11.7 Å². The zero-order valence-corrected chi connectivity index (χ0v) is 17.3. The van der Waals surface area contributed by atoms with Crippen LogP contribution < -0.4 is 0 Å². The zero-order valence-electron chi connectivity index (χ0n) is 17.3. The molecule has 0 spiro atoms. The van der Waals surface area contributed by atoms with Crippen LogP contribution in [0.25, 0.3) is 0 Å². The largest absolute Gasteiger partial charge is 0.456 e. The number of carbonyl (C=O) groups excluding carboxylic acids is 1. The Morgan fingerprint density at radius 2 is 1.27 bits per heavy atom. The predicted molar refractivity (Wildman–Crippen MR) is 118 cm³/mol. The van der Waals surface area contributed by atoms with E-state index in [2.05, 4.69) is 36.4 Å². The van der Waals surface area contributed by atoms with Gasteiger partial charge >= 0.3 is 5.97 Å². The Kier molecular flexibility index (Phi) is 5.82. The molecule has 4 rings (SSSR count). The molecule has 0 radical (unpaired) electrons. The molecule has 3 heteroatoms. The van der Waals surface area contributed by atoms with E-state index in [-0.39, 0.29) is 18.0 Å². The fourth-order valence-electron chi connectivity index (χ4n) is 4.23. The van der Waals surface area contributed by atoms with Gasteiger partial charge in [0, 0.05) is 11.5 Å². The van der Waals surface area contributed by atoms with Gasteiger partial charge in [0.25, 0.3) is 0 Å². The van der Waals surface area contributed by atoms with Crippen molar-refractivity contribution in [1.29, 1.82) is 0 Å². The van der Waals surface area contributed by atoms with Gasteiger partial charge in [0.05, 0.1) is 6.61 Å². The molecule has 3 aromatic carbocycles. The molecule has 3 nitrogen and oxygen atoms in total. The first kappa shape index (κ1) is 20.1. The number of rotatable bonds is 6. The van der Waals surface area contributed by atoms with Crippen molar-refractivity contribution in [2.75, 3.05) is 6.61 Å². The van der Waals surface area contributed by atoms with E-state index in [0.29, 0.717) is 12.2 Å². The fourth-order valence-corrected chi connectivity index (χ4v) is 4.23. The van der Waals surface area contributed by atoms with E-state index in [1.54, 1.807) is 0 Å². The highest BCUT2D eigenvalue weighted by Crippen LogP contribution is 2.41. The summed E-state index contributed by atoms with van der Waals surface area (Å²) in [6, 6.07) is 30.7. The molecule has 0 saturated carbocycles. The zero-order chi connectivity index (χ0) is 21.0. The second-order valence-electron chi connectivity index (χ2n) is 7.57. The monoisotopic (exact) mass is 398 g/mol. The first-order valence-corrected chi connectivity index (χ1v) is 10.3. The first-order chi connectivity index (χ1) is 14.7. The van der Waals surface area contributed by atoms with Crippen LogP contribution in [-0.4, -0.2) is 18.7 Å². The number of carbonyl (C=O) groups is 1.